The smallest absolute Gasteiger partial charge is 0.257 e. The third kappa shape index (κ3) is 5.10. The number of amides is 1. The Kier molecular flexibility index (Phi) is 7.11. The van der Waals surface area contributed by atoms with Gasteiger partial charge in [-0.3, -0.25) is 10.1 Å². The van der Waals surface area contributed by atoms with E-state index in [0.717, 1.165) is 37.7 Å². The largest absolute Gasteiger partial charge is 0.496 e. The average Bonchev–Trinajstić information content (AvgIpc) is 3.32. The minimum Gasteiger partial charge on any atom is -0.496 e. The van der Waals surface area contributed by atoms with Gasteiger partial charge in [-0.25, -0.2) is 13.4 Å². The van der Waals surface area contributed by atoms with Crippen LogP contribution < -0.4 is 10.1 Å². The number of thiazole rings is 1. The van der Waals surface area contributed by atoms with Crippen LogP contribution in [0.1, 0.15) is 42.5 Å². The van der Waals surface area contributed by atoms with Crippen LogP contribution in [0.2, 0.25) is 0 Å². The first kappa shape index (κ1) is 23.4. The van der Waals surface area contributed by atoms with Crippen LogP contribution in [0.5, 0.6) is 5.75 Å². The van der Waals surface area contributed by atoms with Crippen LogP contribution >= 0.6 is 11.3 Å². The zero-order chi connectivity index (χ0) is 23.4. The summed E-state index contributed by atoms with van der Waals surface area (Å²) in [6, 6.07) is 13.6. The van der Waals surface area contributed by atoms with Gasteiger partial charge in [-0.2, -0.15) is 4.31 Å². The predicted octanol–water partition coefficient (Wildman–Crippen LogP) is 5.02. The van der Waals surface area contributed by atoms with Crippen LogP contribution in [0.3, 0.4) is 0 Å². The van der Waals surface area contributed by atoms with Crippen LogP contribution in [-0.4, -0.2) is 43.8 Å². The highest BCUT2D eigenvalue weighted by molar-refractivity contribution is 7.89. The lowest BCUT2D eigenvalue weighted by Gasteiger charge is -2.30. The van der Waals surface area contributed by atoms with Crippen LogP contribution in [0, 0.1) is 0 Å². The number of methoxy groups -OCH3 is 1. The molecule has 174 valence electrons. The summed E-state index contributed by atoms with van der Waals surface area (Å²) in [5, 5.41) is 5.09. The number of carbonyl (C=O) groups excluding carboxylic acids is 1. The van der Waals surface area contributed by atoms with Crippen molar-refractivity contribution in [1.82, 2.24) is 9.29 Å². The average molecular weight is 486 g/mol. The summed E-state index contributed by atoms with van der Waals surface area (Å²) in [6.45, 7) is 0. The molecule has 3 aromatic rings. The van der Waals surface area contributed by atoms with E-state index >= 15 is 0 Å². The molecule has 2 aromatic carbocycles. The first-order chi connectivity index (χ1) is 15.9. The molecule has 1 heterocycles. The fourth-order valence-electron chi connectivity index (χ4n) is 4.07. The molecular weight excluding hydrogens is 458 g/mol. The maximum absolute atomic E-state index is 13.0. The van der Waals surface area contributed by atoms with Crippen molar-refractivity contribution < 1.29 is 17.9 Å². The number of carbonyl (C=O) groups is 1. The summed E-state index contributed by atoms with van der Waals surface area (Å²) in [7, 11) is -0.346. The molecule has 7 nitrogen and oxygen atoms in total. The Morgan fingerprint density at radius 1 is 1.09 bits per heavy atom. The highest BCUT2D eigenvalue weighted by Crippen LogP contribution is 2.32. The second-order valence-electron chi connectivity index (χ2n) is 8.03. The van der Waals surface area contributed by atoms with Crippen molar-refractivity contribution in [2.45, 2.75) is 43.0 Å². The molecule has 0 saturated heterocycles. The Bertz CT molecular complexity index is 1220. The molecule has 1 fully saturated rings. The van der Waals surface area contributed by atoms with Crippen molar-refractivity contribution in [2.24, 2.45) is 0 Å². The van der Waals surface area contributed by atoms with Gasteiger partial charge in [0.25, 0.3) is 5.91 Å². The third-order valence-electron chi connectivity index (χ3n) is 5.99. The molecule has 9 heteroatoms. The molecule has 4 rings (SSSR count). The number of anilines is 1. The van der Waals surface area contributed by atoms with Crippen molar-refractivity contribution in [3.8, 4) is 17.0 Å². The molecule has 1 saturated carbocycles. The Balaban J connectivity index is 1.45. The van der Waals surface area contributed by atoms with Crippen LogP contribution in [0.4, 0.5) is 5.13 Å². The number of para-hydroxylation sites is 1. The van der Waals surface area contributed by atoms with Crippen molar-refractivity contribution in [3.63, 3.8) is 0 Å². The van der Waals surface area contributed by atoms with Gasteiger partial charge in [0, 0.05) is 29.6 Å². The van der Waals surface area contributed by atoms with Crippen molar-refractivity contribution in [1.29, 1.82) is 0 Å². The summed E-state index contributed by atoms with van der Waals surface area (Å²) in [5.74, 6) is 0.358. The molecule has 1 aliphatic carbocycles. The zero-order valence-electron chi connectivity index (χ0n) is 18.7. The lowest BCUT2D eigenvalue weighted by Crippen LogP contribution is -2.38. The quantitative estimate of drug-likeness (QED) is 0.507. The molecule has 0 bridgehead atoms. The molecule has 0 radical (unpaired) electrons. The van der Waals surface area contributed by atoms with E-state index in [-0.39, 0.29) is 16.8 Å². The molecule has 33 heavy (non-hydrogen) atoms. The fraction of sp³-hybridized carbons (Fsp3) is 0.333. The maximum Gasteiger partial charge on any atom is 0.257 e. The number of rotatable bonds is 7. The maximum atomic E-state index is 13.0. The van der Waals surface area contributed by atoms with Crippen LogP contribution in [-0.2, 0) is 10.0 Å². The van der Waals surface area contributed by atoms with Crippen molar-refractivity contribution in [3.05, 3.63) is 59.5 Å². The van der Waals surface area contributed by atoms with Crippen molar-refractivity contribution in [2.75, 3.05) is 19.5 Å². The molecule has 1 amide bonds. The van der Waals surface area contributed by atoms with E-state index in [0.29, 0.717) is 22.1 Å². The van der Waals surface area contributed by atoms with Gasteiger partial charge in [0.1, 0.15) is 5.75 Å². The Morgan fingerprint density at radius 2 is 1.79 bits per heavy atom. The lowest BCUT2D eigenvalue weighted by molar-refractivity contribution is 0.102. The molecule has 1 aromatic heterocycles. The first-order valence-electron chi connectivity index (χ1n) is 10.9. The summed E-state index contributed by atoms with van der Waals surface area (Å²) in [5.41, 5.74) is 1.91. The summed E-state index contributed by atoms with van der Waals surface area (Å²) in [6.07, 6.45) is 5.05. The number of ether oxygens (including phenoxy) is 1. The van der Waals surface area contributed by atoms with Crippen LogP contribution in [0.25, 0.3) is 11.3 Å². The Labute approximate surface area is 198 Å². The molecule has 0 aliphatic heterocycles. The monoisotopic (exact) mass is 485 g/mol. The topological polar surface area (TPSA) is 88.6 Å². The molecule has 0 spiro atoms. The number of sulfonamides is 1. The minimum atomic E-state index is -3.59. The molecule has 1 aliphatic rings. The normalized spacial score (nSPS) is 14.9. The Hall–Kier alpha value is -2.75. The van der Waals surface area contributed by atoms with Gasteiger partial charge < -0.3 is 4.74 Å². The standard InChI is InChI=1S/C24H27N3O4S2/c1-27(18-8-4-3-5-9-18)33(29,30)19-14-12-17(13-15-19)23(28)26-24-25-21(16-32-24)20-10-6-7-11-22(20)31-2/h6-7,10-16,18H,3-5,8-9H2,1-2H3,(H,25,26,28). The van der Waals surface area contributed by atoms with Gasteiger partial charge in [0.2, 0.25) is 10.0 Å². The minimum absolute atomic E-state index is 0.0362. The van der Waals surface area contributed by atoms with E-state index in [1.165, 1.54) is 39.9 Å². The summed E-state index contributed by atoms with van der Waals surface area (Å²) >= 11 is 1.31. The SMILES string of the molecule is COc1ccccc1-c1csc(NC(=O)c2ccc(S(=O)(=O)N(C)C3CCCCC3)cc2)n1. The Morgan fingerprint density at radius 3 is 2.48 bits per heavy atom. The number of benzene rings is 2. The molecule has 0 atom stereocenters. The lowest BCUT2D eigenvalue weighted by atomic mass is 9.96. The highest BCUT2D eigenvalue weighted by Gasteiger charge is 2.29. The van der Waals surface area contributed by atoms with Gasteiger partial charge in [-0.15, -0.1) is 11.3 Å². The second kappa shape index (κ2) is 10.0. The van der Waals surface area contributed by atoms with E-state index in [1.54, 1.807) is 14.2 Å². The zero-order valence-corrected chi connectivity index (χ0v) is 20.3. The fourth-order valence-corrected chi connectivity index (χ4v) is 6.19. The van der Waals surface area contributed by atoms with Gasteiger partial charge in [0.05, 0.1) is 17.7 Å². The summed E-state index contributed by atoms with van der Waals surface area (Å²) < 4.78 is 32.9. The summed E-state index contributed by atoms with van der Waals surface area (Å²) in [4.78, 5) is 17.4. The number of hydrogen-bond acceptors (Lipinski definition) is 6. The van der Waals surface area contributed by atoms with Crippen molar-refractivity contribution >= 4 is 32.4 Å². The number of hydrogen-bond donors (Lipinski definition) is 1. The van der Waals surface area contributed by atoms with Gasteiger partial charge >= 0.3 is 0 Å². The van der Waals surface area contributed by atoms with E-state index in [1.807, 2.05) is 29.6 Å². The number of aromatic nitrogens is 1. The van der Waals surface area contributed by atoms with Gasteiger partial charge in [0.15, 0.2) is 5.13 Å². The van der Waals surface area contributed by atoms with Gasteiger partial charge in [-0.05, 0) is 49.2 Å². The molecule has 1 N–H and O–H groups in total. The highest BCUT2D eigenvalue weighted by atomic mass is 32.2. The van der Waals surface area contributed by atoms with Gasteiger partial charge in [-0.1, -0.05) is 31.4 Å². The number of nitrogens with zero attached hydrogens (tertiary/aromatic N) is 2. The third-order valence-corrected chi connectivity index (χ3v) is 8.67. The molecule has 0 unspecified atom stereocenters. The van der Waals surface area contributed by atoms with E-state index in [4.69, 9.17) is 4.74 Å². The second-order valence-corrected chi connectivity index (χ2v) is 10.9. The van der Waals surface area contributed by atoms with Crippen LogP contribution in [0.15, 0.2) is 58.8 Å². The number of nitrogens with one attached hydrogen (secondary N) is 1. The first-order valence-corrected chi connectivity index (χ1v) is 13.2. The predicted molar refractivity (Wildman–Crippen MR) is 130 cm³/mol. The molecular formula is C24H27N3O4S2. The van der Waals surface area contributed by atoms with E-state index in [9.17, 15) is 13.2 Å². The van der Waals surface area contributed by atoms with E-state index in [2.05, 4.69) is 10.3 Å². The van der Waals surface area contributed by atoms with E-state index < -0.39 is 10.0 Å².